The molecule has 1 amide bonds. The third-order valence-electron chi connectivity index (χ3n) is 5.72. The van der Waals surface area contributed by atoms with Gasteiger partial charge in [-0.2, -0.15) is 5.10 Å². The van der Waals surface area contributed by atoms with Gasteiger partial charge in [-0.25, -0.2) is 4.68 Å². The molecule has 1 aliphatic rings. The number of carbonyl (C=O) groups excluding carboxylic acids is 1. The molecular weight excluding hydrogens is 416 g/mol. The van der Waals surface area contributed by atoms with Crippen LogP contribution in [0.3, 0.4) is 0 Å². The van der Waals surface area contributed by atoms with Crippen LogP contribution < -0.4 is 20.5 Å². The van der Waals surface area contributed by atoms with Crippen molar-refractivity contribution in [3.63, 3.8) is 0 Å². The Balaban J connectivity index is 1.30. The molecule has 1 saturated heterocycles. The Morgan fingerprint density at radius 1 is 1.12 bits per heavy atom. The second kappa shape index (κ2) is 10.3. The molecule has 1 atom stereocenters. The number of nitrogens with one attached hydrogen (secondary N) is 1. The summed E-state index contributed by atoms with van der Waals surface area (Å²) in [5, 5.41) is 7.37. The quantitative estimate of drug-likeness (QED) is 0.575. The molecule has 4 rings (SSSR count). The van der Waals surface area contributed by atoms with E-state index in [2.05, 4.69) is 15.3 Å². The zero-order valence-electron chi connectivity index (χ0n) is 19.1. The molecule has 172 valence electrons. The first-order valence-corrected chi connectivity index (χ1v) is 11.4. The van der Waals surface area contributed by atoms with Gasteiger partial charge in [-0.05, 0) is 43.5 Å². The van der Waals surface area contributed by atoms with Crippen LogP contribution in [0, 0.1) is 5.92 Å². The van der Waals surface area contributed by atoms with Crippen molar-refractivity contribution in [1.29, 1.82) is 0 Å². The monoisotopic (exact) mass is 446 g/mol. The van der Waals surface area contributed by atoms with E-state index in [1.165, 1.54) is 4.68 Å². The molecule has 33 heavy (non-hydrogen) atoms. The Labute approximate surface area is 194 Å². The summed E-state index contributed by atoms with van der Waals surface area (Å²) in [5.74, 6) is 0.747. The Bertz CT molecular complexity index is 1130. The lowest BCUT2D eigenvalue weighted by atomic mass is 10.1. The lowest BCUT2D eigenvalue weighted by Crippen LogP contribution is -2.33. The lowest BCUT2D eigenvalue weighted by Gasteiger charge is -2.18. The highest BCUT2D eigenvalue weighted by Crippen LogP contribution is 2.22. The molecule has 3 aromatic rings. The van der Waals surface area contributed by atoms with Gasteiger partial charge < -0.3 is 15.0 Å². The number of nitrogens with zero attached hydrogens (tertiary/aromatic N) is 3. The molecule has 7 heteroatoms. The van der Waals surface area contributed by atoms with Crippen LogP contribution in [0.15, 0.2) is 71.7 Å². The number of amides is 1. The van der Waals surface area contributed by atoms with Gasteiger partial charge in [-0.3, -0.25) is 9.59 Å². The lowest BCUT2D eigenvalue weighted by molar-refractivity contribution is -0.124. The maximum absolute atomic E-state index is 12.7. The topological polar surface area (TPSA) is 76.5 Å². The van der Waals surface area contributed by atoms with E-state index in [1.807, 2.05) is 68.4 Å². The number of benzene rings is 2. The molecule has 2 aromatic carbocycles. The van der Waals surface area contributed by atoms with Crippen LogP contribution >= 0.6 is 0 Å². The van der Waals surface area contributed by atoms with Gasteiger partial charge in [0.05, 0.1) is 30.5 Å². The highest BCUT2D eigenvalue weighted by atomic mass is 16.5. The minimum absolute atomic E-state index is 0.0328. The van der Waals surface area contributed by atoms with Crippen LogP contribution in [0.25, 0.3) is 0 Å². The van der Waals surface area contributed by atoms with Crippen LogP contribution in [0.5, 0.6) is 5.75 Å². The van der Waals surface area contributed by atoms with Gasteiger partial charge >= 0.3 is 0 Å². The Morgan fingerprint density at radius 3 is 2.58 bits per heavy atom. The zero-order chi connectivity index (χ0) is 23.2. The maximum atomic E-state index is 12.7. The van der Waals surface area contributed by atoms with E-state index in [0.29, 0.717) is 19.6 Å². The first-order chi connectivity index (χ1) is 16.0. The Morgan fingerprint density at radius 2 is 1.88 bits per heavy atom. The van der Waals surface area contributed by atoms with Gasteiger partial charge in [0, 0.05) is 25.7 Å². The summed E-state index contributed by atoms with van der Waals surface area (Å²) >= 11 is 0. The third-order valence-corrected chi connectivity index (χ3v) is 5.72. The minimum Gasteiger partial charge on any atom is -0.491 e. The molecule has 1 N–H and O–H groups in total. The average molecular weight is 447 g/mol. The van der Waals surface area contributed by atoms with E-state index >= 15 is 0 Å². The molecule has 0 aliphatic carbocycles. The molecule has 7 nitrogen and oxygen atoms in total. The summed E-state index contributed by atoms with van der Waals surface area (Å²) in [5.41, 5.74) is 2.68. The summed E-state index contributed by atoms with van der Waals surface area (Å²) in [4.78, 5) is 27.3. The summed E-state index contributed by atoms with van der Waals surface area (Å²) in [6, 6.07) is 19.2. The molecule has 2 heterocycles. The summed E-state index contributed by atoms with van der Waals surface area (Å²) in [6.07, 6.45) is 2.60. The van der Waals surface area contributed by atoms with Crippen molar-refractivity contribution < 1.29 is 9.53 Å². The van der Waals surface area contributed by atoms with Crippen molar-refractivity contribution in [2.75, 3.05) is 18.0 Å². The predicted molar refractivity (Wildman–Crippen MR) is 128 cm³/mol. The average Bonchev–Trinajstić information content (AvgIpc) is 3.31. The zero-order valence-corrected chi connectivity index (χ0v) is 19.1. The van der Waals surface area contributed by atoms with Crippen LogP contribution in [0.1, 0.15) is 31.4 Å². The molecule has 0 bridgehead atoms. The normalized spacial score (nSPS) is 15.6. The molecule has 0 radical (unpaired) electrons. The predicted octanol–water partition coefficient (Wildman–Crippen LogP) is 3.22. The fourth-order valence-corrected chi connectivity index (χ4v) is 3.97. The van der Waals surface area contributed by atoms with Crippen molar-refractivity contribution in [1.82, 2.24) is 15.1 Å². The first kappa shape index (κ1) is 22.6. The van der Waals surface area contributed by atoms with E-state index in [0.717, 1.165) is 35.5 Å². The minimum atomic E-state index is -0.144. The van der Waals surface area contributed by atoms with Crippen molar-refractivity contribution >= 4 is 11.6 Å². The number of aromatic nitrogens is 2. The first-order valence-electron chi connectivity index (χ1n) is 11.4. The van der Waals surface area contributed by atoms with E-state index in [4.69, 9.17) is 4.74 Å². The molecule has 0 spiro atoms. The SMILES string of the molecule is CC(C)Oc1ccc(CNC(=O)C2CCN(c3cnn(Cc4ccccc4)c(=O)c3)C2)cc1. The molecule has 0 saturated carbocycles. The summed E-state index contributed by atoms with van der Waals surface area (Å²) in [7, 11) is 0. The standard InChI is InChI=1S/C26H30N4O3/c1-19(2)33-24-10-8-20(9-11-24)15-27-26(32)22-12-13-29(18-22)23-14-25(31)30(28-16-23)17-21-6-4-3-5-7-21/h3-11,14,16,19,22H,12-13,15,17-18H2,1-2H3,(H,27,32). The highest BCUT2D eigenvalue weighted by Gasteiger charge is 2.28. The fraction of sp³-hybridized carbons (Fsp3) is 0.346. The number of carbonyl (C=O) groups is 1. The van der Waals surface area contributed by atoms with Crippen molar-refractivity contribution in [2.24, 2.45) is 5.92 Å². The number of ether oxygens (including phenoxy) is 1. The van der Waals surface area contributed by atoms with Gasteiger partial charge in [-0.1, -0.05) is 42.5 Å². The van der Waals surface area contributed by atoms with Crippen molar-refractivity contribution in [3.05, 3.63) is 88.3 Å². The highest BCUT2D eigenvalue weighted by molar-refractivity contribution is 5.80. The van der Waals surface area contributed by atoms with E-state index in [1.54, 1.807) is 12.3 Å². The fourth-order valence-electron chi connectivity index (χ4n) is 3.97. The smallest absolute Gasteiger partial charge is 0.269 e. The number of rotatable bonds is 8. The summed E-state index contributed by atoms with van der Waals surface area (Å²) < 4.78 is 7.11. The van der Waals surface area contributed by atoms with Crippen molar-refractivity contribution in [2.45, 2.75) is 39.5 Å². The molecule has 1 unspecified atom stereocenters. The van der Waals surface area contributed by atoms with Gasteiger partial charge in [0.2, 0.25) is 5.91 Å². The van der Waals surface area contributed by atoms with E-state index in [-0.39, 0.29) is 23.5 Å². The molecule has 1 aromatic heterocycles. The second-order valence-corrected chi connectivity index (χ2v) is 8.66. The van der Waals surface area contributed by atoms with Gasteiger partial charge in [0.15, 0.2) is 0 Å². The van der Waals surface area contributed by atoms with Crippen LogP contribution in [-0.4, -0.2) is 34.9 Å². The number of anilines is 1. The van der Waals surface area contributed by atoms with Gasteiger partial charge in [-0.15, -0.1) is 0 Å². The maximum Gasteiger partial charge on any atom is 0.269 e. The van der Waals surface area contributed by atoms with Gasteiger partial charge in [0.25, 0.3) is 5.56 Å². The van der Waals surface area contributed by atoms with Crippen LogP contribution in [0.2, 0.25) is 0 Å². The Kier molecular flexibility index (Phi) is 7.07. The number of hydrogen-bond acceptors (Lipinski definition) is 5. The van der Waals surface area contributed by atoms with Crippen LogP contribution in [-0.2, 0) is 17.9 Å². The third kappa shape index (κ3) is 6.00. The van der Waals surface area contributed by atoms with E-state index in [9.17, 15) is 9.59 Å². The molecule has 1 fully saturated rings. The van der Waals surface area contributed by atoms with Crippen molar-refractivity contribution in [3.8, 4) is 5.75 Å². The van der Waals surface area contributed by atoms with Gasteiger partial charge in [0.1, 0.15) is 5.75 Å². The number of hydrogen-bond donors (Lipinski definition) is 1. The largest absolute Gasteiger partial charge is 0.491 e. The van der Waals surface area contributed by atoms with E-state index < -0.39 is 0 Å². The summed E-state index contributed by atoms with van der Waals surface area (Å²) in [6.45, 7) is 6.21. The Hall–Kier alpha value is -3.61. The molecule has 1 aliphatic heterocycles. The van der Waals surface area contributed by atoms with Crippen LogP contribution in [0.4, 0.5) is 5.69 Å². The second-order valence-electron chi connectivity index (χ2n) is 8.66. The molecular formula is C26H30N4O3.